The van der Waals surface area contributed by atoms with Gasteiger partial charge in [0.25, 0.3) is 0 Å². The van der Waals surface area contributed by atoms with Gasteiger partial charge in [-0.3, -0.25) is 4.79 Å². The second-order valence-electron chi connectivity index (χ2n) is 4.22. The number of aliphatic carboxylic acids is 1. The molecule has 1 aliphatic carbocycles. The molecule has 1 aromatic rings. The minimum Gasteiger partial charge on any atom is -0.508 e. The average Bonchev–Trinajstić information content (AvgIpc) is 3.01. The molecule has 0 spiro atoms. The highest BCUT2D eigenvalue weighted by Gasteiger charge is 2.25. The van der Waals surface area contributed by atoms with Gasteiger partial charge in [-0.15, -0.1) is 0 Å². The van der Waals surface area contributed by atoms with Crippen molar-refractivity contribution in [1.29, 1.82) is 0 Å². The average molecular weight is 221 g/mol. The van der Waals surface area contributed by atoms with Crippen LogP contribution in [0.4, 0.5) is 0 Å². The smallest absolute Gasteiger partial charge is 0.325 e. The molecule has 0 aliphatic heterocycles. The summed E-state index contributed by atoms with van der Waals surface area (Å²) in [5.74, 6) is -0.192. The van der Waals surface area contributed by atoms with Crippen LogP contribution in [0.5, 0.6) is 5.75 Å². The quantitative estimate of drug-likeness (QED) is 0.705. The van der Waals surface area contributed by atoms with Gasteiger partial charge in [0.05, 0.1) is 0 Å². The van der Waals surface area contributed by atoms with Gasteiger partial charge in [0, 0.05) is 0 Å². The van der Waals surface area contributed by atoms with Crippen molar-refractivity contribution in [1.82, 2.24) is 5.32 Å². The molecule has 0 aromatic heterocycles. The van der Waals surface area contributed by atoms with E-state index in [1.165, 1.54) is 25.0 Å². The number of benzene rings is 1. The van der Waals surface area contributed by atoms with Gasteiger partial charge in [-0.1, -0.05) is 12.1 Å². The normalized spacial score (nSPS) is 17.0. The van der Waals surface area contributed by atoms with Crippen molar-refractivity contribution in [3.05, 3.63) is 29.8 Å². The van der Waals surface area contributed by atoms with Crippen molar-refractivity contribution >= 4 is 5.97 Å². The number of phenolic OH excluding ortho intramolecular Hbond substituents is 1. The Morgan fingerprint density at radius 2 is 2.25 bits per heavy atom. The lowest BCUT2D eigenvalue weighted by Crippen LogP contribution is -2.30. The zero-order chi connectivity index (χ0) is 11.5. The van der Waals surface area contributed by atoms with E-state index < -0.39 is 12.0 Å². The number of nitrogens with one attached hydrogen (secondary N) is 1. The molecule has 16 heavy (non-hydrogen) atoms. The standard InChI is InChI=1S/C12H15NO3/c14-10-3-1-2-9(6-10)11(12(15)16)13-7-8-4-5-8/h1-3,6,8,11,13-14H,4-5,7H2,(H,15,16). The van der Waals surface area contributed by atoms with Crippen molar-refractivity contribution in [3.63, 3.8) is 0 Å². The Kier molecular flexibility index (Phi) is 3.10. The van der Waals surface area contributed by atoms with Crippen LogP contribution in [-0.4, -0.2) is 22.7 Å². The van der Waals surface area contributed by atoms with Gasteiger partial charge in [0.15, 0.2) is 0 Å². The van der Waals surface area contributed by atoms with E-state index >= 15 is 0 Å². The van der Waals surface area contributed by atoms with Crippen molar-refractivity contribution in [2.45, 2.75) is 18.9 Å². The number of hydrogen-bond donors (Lipinski definition) is 3. The van der Waals surface area contributed by atoms with Crippen LogP contribution < -0.4 is 5.32 Å². The number of aromatic hydroxyl groups is 1. The van der Waals surface area contributed by atoms with E-state index in [9.17, 15) is 9.90 Å². The number of carboxylic acids is 1. The molecule has 1 atom stereocenters. The second kappa shape index (κ2) is 4.53. The summed E-state index contributed by atoms with van der Waals surface area (Å²) in [7, 11) is 0. The summed E-state index contributed by atoms with van der Waals surface area (Å²) in [5.41, 5.74) is 0.591. The van der Waals surface area contributed by atoms with Crippen molar-refractivity contribution in [2.75, 3.05) is 6.54 Å². The Hall–Kier alpha value is -1.55. The van der Waals surface area contributed by atoms with E-state index in [4.69, 9.17) is 5.11 Å². The number of carbonyl (C=O) groups is 1. The lowest BCUT2D eigenvalue weighted by atomic mass is 10.1. The molecule has 0 bridgehead atoms. The van der Waals surface area contributed by atoms with Crippen LogP contribution in [0.3, 0.4) is 0 Å². The highest BCUT2D eigenvalue weighted by atomic mass is 16.4. The van der Waals surface area contributed by atoms with E-state index in [0.29, 0.717) is 11.5 Å². The second-order valence-corrected chi connectivity index (χ2v) is 4.22. The van der Waals surface area contributed by atoms with Crippen LogP contribution in [0.15, 0.2) is 24.3 Å². The SMILES string of the molecule is O=C(O)C(NCC1CC1)c1cccc(O)c1. The Labute approximate surface area is 93.9 Å². The minimum atomic E-state index is -0.911. The molecule has 2 rings (SSSR count). The third kappa shape index (κ3) is 2.73. The first-order valence-electron chi connectivity index (χ1n) is 5.42. The van der Waals surface area contributed by atoms with Crippen LogP contribution in [0.25, 0.3) is 0 Å². The van der Waals surface area contributed by atoms with Crippen LogP contribution >= 0.6 is 0 Å². The zero-order valence-electron chi connectivity index (χ0n) is 8.89. The van der Waals surface area contributed by atoms with E-state index in [-0.39, 0.29) is 5.75 Å². The molecule has 4 heteroatoms. The maximum Gasteiger partial charge on any atom is 0.325 e. The Morgan fingerprint density at radius 3 is 2.81 bits per heavy atom. The summed E-state index contributed by atoms with van der Waals surface area (Å²) >= 11 is 0. The fraction of sp³-hybridized carbons (Fsp3) is 0.417. The summed E-state index contributed by atoms with van der Waals surface area (Å²) in [6.07, 6.45) is 2.36. The summed E-state index contributed by atoms with van der Waals surface area (Å²) in [6.45, 7) is 0.729. The lowest BCUT2D eigenvalue weighted by molar-refractivity contribution is -0.139. The van der Waals surface area contributed by atoms with Crippen molar-refractivity contribution < 1.29 is 15.0 Å². The molecule has 4 nitrogen and oxygen atoms in total. The van der Waals surface area contributed by atoms with E-state index in [1.54, 1.807) is 12.1 Å². The van der Waals surface area contributed by atoms with Crippen molar-refractivity contribution in [3.8, 4) is 5.75 Å². The van der Waals surface area contributed by atoms with Gasteiger partial charge in [0.1, 0.15) is 11.8 Å². The molecule has 0 radical (unpaired) electrons. The van der Waals surface area contributed by atoms with Crippen LogP contribution in [0, 0.1) is 5.92 Å². The van der Waals surface area contributed by atoms with E-state index in [2.05, 4.69) is 5.32 Å². The molecule has 0 saturated heterocycles. The third-order valence-corrected chi connectivity index (χ3v) is 2.76. The Bertz CT molecular complexity index is 388. The van der Waals surface area contributed by atoms with Gasteiger partial charge in [-0.2, -0.15) is 0 Å². The number of hydrogen-bond acceptors (Lipinski definition) is 3. The molecule has 86 valence electrons. The van der Waals surface area contributed by atoms with Gasteiger partial charge in [-0.25, -0.2) is 0 Å². The predicted molar refractivity (Wildman–Crippen MR) is 59.2 cm³/mol. The molecule has 1 aliphatic rings. The van der Waals surface area contributed by atoms with Crippen LogP contribution in [0.1, 0.15) is 24.4 Å². The van der Waals surface area contributed by atoms with Gasteiger partial charge in [0.2, 0.25) is 0 Å². The first kappa shape index (κ1) is 11.0. The Balaban J connectivity index is 2.07. The minimum absolute atomic E-state index is 0.0944. The number of carboxylic acid groups (broad SMARTS) is 1. The summed E-state index contributed by atoms with van der Waals surface area (Å²) in [5, 5.41) is 21.4. The third-order valence-electron chi connectivity index (χ3n) is 2.76. The Morgan fingerprint density at radius 1 is 1.50 bits per heavy atom. The maximum atomic E-state index is 11.1. The number of rotatable bonds is 5. The molecule has 0 amide bonds. The van der Waals surface area contributed by atoms with Gasteiger partial charge >= 0.3 is 5.97 Å². The highest BCUT2D eigenvalue weighted by molar-refractivity contribution is 5.75. The van der Waals surface area contributed by atoms with Crippen molar-refractivity contribution in [2.24, 2.45) is 5.92 Å². The molecule has 0 heterocycles. The monoisotopic (exact) mass is 221 g/mol. The fourth-order valence-corrected chi connectivity index (χ4v) is 1.66. The zero-order valence-corrected chi connectivity index (χ0v) is 8.89. The molecule has 1 unspecified atom stereocenters. The summed E-state index contributed by atoms with van der Waals surface area (Å²) in [6, 6.07) is 5.65. The molecule has 1 saturated carbocycles. The molecular formula is C12H15NO3. The van der Waals surface area contributed by atoms with Gasteiger partial charge < -0.3 is 15.5 Å². The lowest BCUT2D eigenvalue weighted by Gasteiger charge is -2.14. The highest BCUT2D eigenvalue weighted by Crippen LogP contribution is 2.29. The number of phenols is 1. The van der Waals surface area contributed by atoms with Crippen LogP contribution in [-0.2, 0) is 4.79 Å². The molecule has 3 N–H and O–H groups in total. The van der Waals surface area contributed by atoms with E-state index in [0.717, 1.165) is 6.54 Å². The largest absolute Gasteiger partial charge is 0.508 e. The molecule has 1 aromatic carbocycles. The molecule has 1 fully saturated rings. The first-order valence-corrected chi connectivity index (χ1v) is 5.42. The first-order chi connectivity index (χ1) is 7.66. The summed E-state index contributed by atoms with van der Waals surface area (Å²) < 4.78 is 0. The summed E-state index contributed by atoms with van der Waals surface area (Å²) in [4.78, 5) is 11.1. The fourth-order valence-electron chi connectivity index (χ4n) is 1.66. The maximum absolute atomic E-state index is 11.1. The molecular weight excluding hydrogens is 206 g/mol. The van der Waals surface area contributed by atoms with Gasteiger partial charge in [-0.05, 0) is 43.0 Å². The predicted octanol–water partition coefficient (Wildman–Crippen LogP) is 1.52. The topological polar surface area (TPSA) is 69.6 Å². The van der Waals surface area contributed by atoms with E-state index in [1.807, 2.05) is 0 Å². The van der Waals surface area contributed by atoms with Crippen LogP contribution in [0.2, 0.25) is 0 Å².